The number of rotatable bonds is 5. The zero-order valence-corrected chi connectivity index (χ0v) is 15.6. The molecule has 1 saturated heterocycles. The SMILES string of the molecule is O=C(Cc1ccc(F)cc1)N1CCN(Cc2cc(-c3ccccc3)no2)CC1. The molecule has 1 aliphatic heterocycles. The van der Waals surface area contributed by atoms with Crippen LogP contribution in [0.1, 0.15) is 11.3 Å². The first-order valence-corrected chi connectivity index (χ1v) is 9.43. The third kappa shape index (κ3) is 4.46. The van der Waals surface area contributed by atoms with Gasteiger partial charge in [-0.25, -0.2) is 4.39 Å². The first kappa shape index (κ1) is 18.4. The van der Waals surface area contributed by atoms with Crippen LogP contribution in [-0.4, -0.2) is 47.0 Å². The van der Waals surface area contributed by atoms with Crippen LogP contribution in [0.2, 0.25) is 0 Å². The quantitative estimate of drug-likeness (QED) is 0.682. The number of hydrogen-bond acceptors (Lipinski definition) is 4. The van der Waals surface area contributed by atoms with Gasteiger partial charge in [0.1, 0.15) is 11.5 Å². The summed E-state index contributed by atoms with van der Waals surface area (Å²) in [6.07, 6.45) is 0.308. The first-order chi connectivity index (χ1) is 13.7. The third-order valence-electron chi connectivity index (χ3n) is 5.00. The molecule has 1 aliphatic rings. The van der Waals surface area contributed by atoms with Crippen LogP contribution < -0.4 is 0 Å². The predicted octanol–water partition coefficient (Wildman–Crippen LogP) is 3.37. The molecule has 0 N–H and O–H groups in total. The van der Waals surface area contributed by atoms with Gasteiger partial charge < -0.3 is 9.42 Å². The minimum Gasteiger partial charge on any atom is -0.359 e. The summed E-state index contributed by atoms with van der Waals surface area (Å²) in [6.45, 7) is 3.62. The summed E-state index contributed by atoms with van der Waals surface area (Å²) < 4.78 is 18.5. The van der Waals surface area contributed by atoms with Crippen LogP contribution in [0, 0.1) is 5.82 Å². The molecule has 5 nitrogen and oxygen atoms in total. The molecule has 2 aromatic carbocycles. The average Bonchev–Trinajstić information content (AvgIpc) is 3.19. The van der Waals surface area contributed by atoms with Gasteiger partial charge in [0.25, 0.3) is 0 Å². The van der Waals surface area contributed by atoms with Crippen LogP contribution in [0.4, 0.5) is 4.39 Å². The molecule has 0 unspecified atom stereocenters. The summed E-state index contributed by atoms with van der Waals surface area (Å²) >= 11 is 0. The van der Waals surface area contributed by atoms with Crippen LogP contribution in [-0.2, 0) is 17.8 Å². The van der Waals surface area contributed by atoms with Gasteiger partial charge in [0.05, 0.1) is 13.0 Å². The van der Waals surface area contributed by atoms with Gasteiger partial charge in [0.2, 0.25) is 5.91 Å². The van der Waals surface area contributed by atoms with E-state index in [0.717, 1.165) is 35.7 Å². The summed E-state index contributed by atoms with van der Waals surface area (Å²) in [5.74, 6) is 0.620. The van der Waals surface area contributed by atoms with Crippen LogP contribution >= 0.6 is 0 Å². The van der Waals surface area contributed by atoms with Crippen molar-refractivity contribution in [2.24, 2.45) is 0 Å². The van der Waals surface area contributed by atoms with E-state index in [-0.39, 0.29) is 11.7 Å². The highest BCUT2D eigenvalue weighted by Crippen LogP contribution is 2.20. The Morgan fingerprint density at radius 1 is 1.00 bits per heavy atom. The number of carbonyl (C=O) groups excluding carboxylic acids is 1. The van der Waals surface area contributed by atoms with E-state index >= 15 is 0 Å². The van der Waals surface area contributed by atoms with Gasteiger partial charge in [-0.2, -0.15) is 0 Å². The number of carbonyl (C=O) groups is 1. The lowest BCUT2D eigenvalue weighted by molar-refractivity contribution is -0.132. The number of piperazine rings is 1. The molecule has 1 fully saturated rings. The Balaban J connectivity index is 1.28. The molecular weight excluding hydrogens is 357 g/mol. The van der Waals surface area contributed by atoms with Crippen molar-refractivity contribution in [2.75, 3.05) is 26.2 Å². The highest BCUT2D eigenvalue weighted by molar-refractivity contribution is 5.78. The summed E-state index contributed by atoms with van der Waals surface area (Å²) in [6, 6.07) is 18.0. The Hall–Kier alpha value is -2.99. The lowest BCUT2D eigenvalue weighted by Gasteiger charge is -2.34. The second kappa shape index (κ2) is 8.35. The molecule has 144 valence electrons. The summed E-state index contributed by atoms with van der Waals surface area (Å²) in [7, 11) is 0. The summed E-state index contributed by atoms with van der Waals surface area (Å²) in [5.41, 5.74) is 2.71. The summed E-state index contributed by atoms with van der Waals surface area (Å²) in [4.78, 5) is 16.6. The van der Waals surface area contributed by atoms with Gasteiger partial charge in [-0.15, -0.1) is 0 Å². The molecule has 4 rings (SSSR count). The van der Waals surface area contributed by atoms with Crippen LogP contribution in [0.5, 0.6) is 0 Å². The molecule has 1 amide bonds. The van der Waals surface area contributed by atoms with E-state index in [4.69, 9.17) is 4.52 Å². The summed E-state index contributed by atoms with van der Waals surface area (Å²) in [5, 5.41) is 4.16. The molecule has 0 bridgehead atoms. The van der Waals surface area contributed by atoms with E-state index in [1.807, 2.05) is 41.3 Å². The van der Waals surface area contributed by atoms with Crippen LogP contribution in [0.25, 0.3) is 11.3 Å². The monoisotopic (exact) mass is 379 g/mol. The maximum atomic E-state index is 13.0. The molecule has 0 saturated carbocycles. The number of aromatic nitrogens is 1. The molecule has 2 heterocycles. The van der Waals surface area contributed by atoms with Crippen molar-refractivity contribution < 1.29 is 13.7 Å². The topological polar surface area (TPSA) is 49.6 Å². The lowest BCUT2D eigenvalue weighted by atomic mass is 10.1. The molecule has 0 spiro atoms. The number of halogens is 1. The van der Waals surface area contributed by atoms with Crippen molar-refractivity contribution in [2.45, 2.75) is 13.0 Å². The second-order valence-corrected chi connectivity index (χ2v) is 7.00. The number of nitrogens with zero attached hydrogens (tertiary/aromatic N) is 3. The van der Waals surface area contributed by atoms with Gasteiger partial charge in [0, 0.05) is 37.8 Å². The Bertz CT molecular complexity index is 916. The molecule has 0 atom stereocenters. The van der Waals surface area contributed by atoms with Gasteiger partial charge in [-0.05, 0) is 17.7 Å². The molecule has 6 heteroatoms. The van der Waals surface area contributed by atoms with E-state index in [9.17, 15) is 9.18 Å². The minimum atomic E-state index is -0.285. The van der Waals surface area contributed by atoms with Crippen molar-refractivity contribution >= 4 is 5.91 Å². The lowest BCUT2D eigenvalue weighted by Crippen LogP contribution is -2.48. The van der Waals surface area contributed by atoms with Crippen LogP contribution in [0.15, 0.2) is 65.2 Å². The fourth-order valence-electron chi connectivity index (χ4n) is 3.40. The van der Waals surface area contributed by atoms with E-state index in [1.54, 1.807) is 12.1 Å². The number of benzene rings is 2. The Morgan fingerprint density at radius 2 is 1.71 bits per heavy atom. The Morgan fingerprint density at radius 3 is 2.43 bits per heavy atom. The maximum Gasteiger partial charge on any atom is 0.227 e. The maximum absolute atomic E-state index is 13.0. The van der Waals surface area contributed by atoms with Crippen molar-refractivity contribution in [3.63, 3.8) is 0 Å². The Labute approximate surface area is 163 Å². The molecule has 3 aromatic rings. The zero-order valence-electron chi connectivity index (χ0n) is 15.6. The average molecular weight is 379 g/mol. The van der Waals surface area contributed by atoms with Crippen molar-refractivity contribution in [3.05, 3.63) is 77.8 Å². The van der Waals surface area contributed by atoms with Crippen LogP contribution in [0.3, 0.4) is 0 Å². The normalized spacial score (nSPS) is 15.0. The van der Waals surface area contributed by atoms with E-state index in [0.29, 0.717) is 26.1 Å². The fourth-order valence-corrected chi connectivity index (χ4v) is 3.40. The fraction of sp³-hybridized carbons (Fsp3) is 0.273. The molecule has 28 heavy (non-hydrogen) atoms. The van der Waals surface area contributed by atoms with Gasteiger partial charge in [0.15, 0.2) is 5.76 Å². The standard InChI is InChI=1S/C22H22FN3O2/c23-19-8-6-17(7-9-19)14-22(27)26-12-10-25(11-13-26)16-20-15-21(24-28-20)18-4-2-1-3-5-18/h1-9,15H,10-14,16H2. The highest BCUT2D eigenvalue weighted by atomic mass is 19.1. The smallest absolute Gasteiger partial charge is 0.227 e. The molecule has 0 radical (unpaired) electrons. The highest BCUT2D eigenvalue weighted by Gasteiger charge is 2.22. The predicted molar refractivity (Wildman–Crippen MR) is 104 cm³/mol. The number of amides is 1. The number of hydrogen-bond donors (Lipinski definition) is 0. The van der Waals surface area contributed by atoms with Gasteiger partial charge in [-0.3, -0.25) is 9.69 Å². The third-order valence-corrected chi connectivity index (χ3v) is 5.00. The van der Waals surface area contributed by atoms with E-state index in [2.05, 4.69) is 10.1 Å². The zero-order chi connectivity index (χ0) is 19.3. The van der Waals surface area contributed by atoms with E-state index in [1.165, 1.54) is 12.1 Å². The van der Waals surface area contributed by atoms with Gasteiger partial charge in [-0.1, -0.05) is 47.6 Å². The van der Waals surface area contributed by atoms with E-state index < -0.39 is 0 Å². The van der Waals surface area contributed by atoms with Gasteiger partial charge >= 0.3 is 0 Å². The second-order valence-electron chi connectivity index (χ2n) is 7.00. The molecule has 0 aliphatic carbocycles. The minimum absolute atomic E-state index is 0.0808. The molecular formula is C22H22FN3O2. The molecule has 1 aromatic heterocycles. The van der Waals surface area contributed by atoms with Crippen molar-refractivity contribution in [1.29, 1.82) is 0 Å². The Kier molecular flexibility index (Phi) is 5.48. The van der Waals surface area contributed by atoms with Crippen molar-refractivity contribution in [1.82, 2.24) is 15.0 Å². The first-order valence-electron chi connectivity index (χ1n) is 9.43. The largest absolute Gasteiger partial charge is 0.359 e. The van der Waals surface area contributed by atoms with Crippen molar-refractivity contribution in [3.8, 4) is 11.3 Å².